The van der Waals surface area contributed by atoms with Gasteiger partial charge in [0.05, 0.1) is 30.2 Å². The third-order valence-corrected chi connectivity index (χ3v) is 6.93. The maximum Gasteiger partial charge on any atom is 0.241 e. The first kappa shape index (κ1) is 24.5. The second-order valence-corrected chi connectivity index (χ2v) is 9.53. The lowest BCUT2D eigenvalue weighted by molar-refractivity contribution is -0.122. The van der Waals surface area contributed by atoms with Crippen LogP contribution in [0.15, 0.2) is 53.4 Å². The summed E-state index contributed by atoms with van der Waals surface area (Å²) in [7, 11) is -2.55. The Morgan fingerprint density at radius 3 is 2.56 bits per heavy atom. The largest absolute Gasteiger partial charge is 0.495 e. The summed E-state index contributed by atoms with van der Waals surface area (Å²) in [6, 6.07) is 12.5. The average Bonchev–Trinajstić information content (AvgIpc) is 2.80. The zero-order chi connectivity index (χ0) is 23.0. The Labute approximate surface area is 193 Å². The van der Waals surface area contributed by atoms with E-state index in [2.05, 4.69) is 14.9 Å². The molecule has 1 heterocycles. The Kier molecular flexibility index (Phi) is 8.89. The number of ether oxygens (including phenoxy) is 2. The first-order valence-corrected chi connectivity index (χ1v) is 12.2. The maximum absolute atomic E-state index is 13.0. The molecule has 0 spiro atoms. The molecule has 1 atom stereocenters. The summed E-state index contributed by atoms with van der Waals surface area (Å²) < 4.78 is 38.9. The molecule has 2 aromatic carbocycles. The summed E-state index contributed by atoms with van der Waals surface area (Å²) in [5, 5.41) is 3.03. The van der Waals surface area contributed by atoms with E-state index in [1.807, 2.05) is 30.3 Å². The molecule has 0 radical (unpaired) electrons. The molecule has 0 aromatic heterocycles. The van der Waals surface area contributed by atoms with Crippen molar-refractivity contribution in [3.05, 3.63) is 59.1 Å². The van der Waals surface area contributed by atoms with E-state index in [4.69, 9.17) is 21.1 Å². The summed E-state index contributed by atoms with van der Waals surface area (Å²) >= 11 is 6.10. The number of hydrogen-bond acceptors (Lipinski definition) is 6. The summed E-state index contributed by atoms with van der Waals surface area (Å²) in [4.78, 5) is 15.1. The van der Waals surface area contributed by atoms with Crippen LogP contribution in [0.25, 0.3) is 0 Å². The number of carbonyl (C=O) groups is 1. The van der Waals surface area contributed by atoms with Gasteiger partial charge < -0.3 is 14.8 Å². The zero-order valence-corrected chi connectivity index (χ0v) is 19.5. The molecule has 0 unspecified atom stereocenters. The lowest BCUT2D eigenvalue weighted by atomic mass is 10.1. The minimum Gasteiger partial charge on any atom is -0.495 e. The quantitative estimate of drug-likeness (QED) is 0.536. The Hall–Kier alpha value is -2.17. The van der Waals surface area contributed by atoms with Crippen molar-refractivity contribution in [3.63, 3.8) is 0 Å². The molecule has 0 bridgehead atoms. The van der Waals surface area contributed by atoms with Crippen molar-refractivity contribution in [1.29, 1.82) is 0 Å². The standard InChI is InChI=1S/C22H28ClN3O5S/c1-30-21-8-7-18(16-19(21)23)32(28,29)25-20(15-17-5-3-2-4-6-17)22(27)24-9-10-26-11-13-31-14-12-26/h2-8,16,20,25H,9-15H2,1H3,(H,24,27)/t20-/m1/s1. The minimum atomic E-state index is -4.00. The summed E-state index contributed by atoms with van der Waals surface area (Å²) in [6.45, 7) is 4.07. The van der Waals surface area contributed by atoms with E-state index >= 15 is 0 Å². The van der Waals surface area contributed by atoms with Gasteiger partial charge in [-0.15, -0.1) is 0 Å². The Balaban J connectivity index is 1.71. The molecule has 1 aliphatic heterocycles. The number of rotatable bonds is 10. The Morgan fingerprint density at radius 1 is 1.19 bits per heavy atom. The number of sulfonamides is 1. The molecule has 8 nitrogen and oxygen atoms in total. The van der Waals surface area contributed by atoms with E-state index in [9.17, 15) is 13.2 Å². The van der Waals surface area contributed by atoms with Crippen LogP contribution in [0.5, 0.6) is 5.75 Å². The fraction of sp³-hybridized carbons (Fsp3) is 0.409. The second-order valence-electron chi connectivity index (χ2n) is 7.40. The van der Waals surface area contributed by atoms with Crippen molar-refractivity contribution in [2.75, 3.05) is 46.5 Å². The van der Waals surface area contributed by atoms with Crippen LogP contribution < -0.4 is 14.8 Å². The number of halogens is 1. The molecular weight excluding hydrogens is 454 g/mol. The smallest absolute Gasteiger partial charge is 0.241 e. The Morgan fingerprint density at radius 2 is 1.91 bits per heavy atom. The van der Waals surface area contributed by atoms with Crippen molar-refractivity contribution < 1.29 is 22.7 Å². The SMILES string of the molecule is COc1ccc(S(=O)(=O)N[C@H](Cc2ccccc2)C(=O)NCCN2CCOCC2)cc1Cl. The first-order valence-electron chi connectivity index (χ1n) is 10.4. The van der Waals surface area contributed by atoms with Gasteiger partial charge in [0.15, 0.2) is 0 Å². The van der Waals surface area contributed by atoms with Crippen molar-refractivity contribution in [2.24, 2.45) is 0 Å². The molecule has 0 saturated carbocycles. The number of carbonyl (C=O) groups excluding carboxylic acids is 1. The number of nitrogens with zero attached hydrogens (tertiary/aromatic N) is 1. The van der Waals surface area contributed by atoms with Crippen LogP contribution in [0, 0.1) is 0 Å². The third kappa shape index (κ3) is 6.91. The van der Waals surface area contributed by atoms with Crippen LogP contribution in [-0.2, 0) is 26.0 Å². The second kappa shape index (κ2) is 11.6. The minimum absolute atomic E-state index is 0.0394. The molecule has 2 N–H and O–H groups in total. The van der Waals surface area contributed by atoms with Gasteiger partial charge >= 0.3 is 0 Å². The highest BCUT2D eigenvalue weighted by molar-refractivity contribution is 7.89. The van der Waals surface area contributed by atoms with Crippen LogP contribution in [0.2, 0.25) is 5.02 Å². The fourth-order valence-electron chi connectivity index (χ4n) is 3.39. The van der Waals surface area contributed by atoms with Gasteiger partial charge in [-0.2, -0.15) is 4.72 Å². The molecule has 32 heavy (non-hydrogen) atoms. The van der Waals surface area contributed by atoms with Crippen molar-refractivity contribution >= 4 is 27.5 Å². The lowest BCUT2D eigenvalue weighted by Gasteiger charge is -2.27. The van der Waals surface area contributed by atoms with Crippen LogP contribution in [0.3, 0.4) is 0 Å². The molecule has 10 heteroatoms. The number of nitrogens with one attached hydrogen (secondary N) is 2. The van der Waals surface area contributed by atoms with Crippen LogP contribution >= 0.6 is 11.6 Å². The van der Waals surface area contributed by atoms with Crippen LogP contribution in [0.1, 0.15) is 5.56 Å². The van der Waals surface area contributed by atoms with Crippen molar-refractivity contribution in [1.82, 2.24) is 14.9 Å². The topological polar surface area (TPSA) is 97.0 Å². The molecule has 2 aromatic rings. The highest BCUT2D eigenvalue weighted by Gasteiger charge is 2.26. The summed E-state index contributed by atoms with van der Waals surface area (Å²) in [5.41, 5.74) is 0.844. The van der Waals surface area contributed by atoms with Crippen LogP contribution in [-0.4, -0.2) is 71.8 Å². The van der Waals surface area contributed by atoms with E-state index < -0.39 is 16.1 Å². The molecular formula is C22H28ClN3O5S. The van der Waals surface area contributed by atoms with Gasteiger partial charge in [0.25, 0.3) is 0 Å². The molecule has 1 aliphatic rings. The Bertz CT molecular complexity index is 998. The van der Waals surface area contributed by atoms with E-state index in [1.165, 1.54) is 25.3 Å². The molecule has 3 rings (SSSR count). The van der Waals surface area contributed by atoms with Crippen molar-refractivity contribution in [3.8, 4) is 5.75 Å². The normalized spacial score (nSPS) is 15.8. The van der Waals surface area contributed by atoms with Crippen molar-refractivity contribution in [2.45, 2.75) is 17.4 Å². The highest BCUT2D eigenvalue weighted by atomic mass is 35.5. The van der Waals surface area contributed by atoms with Gasteiger partial charge in [0.2, 0.25) is 15.9 Å². The van der Waals surface area contributed by atoms with Gasteiger partial charge in [-0.3, -0.25) is 9.69 Å². The number of methoxy groups -OCH3 is 1. The lowest BCUT2D eigenvalue weighted by Crippen LogP contribution is -2.49. The zero-order valence-electron chi connectivity index (χ0n) is 17.9. The summed E-state index contributed by atoms with van der Waals surface area (Å²) in [6.07, 6.45) is 0.216. The molecule has 174 valence electrons. The van der Waals surface area contributed by atoms with E-state index in [0.29, 0.717) is 32.1 Å². The third-order valence-electron chi connectivity index (χ3n) is 5.16. The van der Waals surface area contributed by atoms with Crippen LogP contribution in [0.4, 0.5) is 0 Å². The predicted octanol–water partition coefficient (Wildman–Crippen LogP) is 1.69. The number of hydrogen-bond donors (Lipinski definition) is 2. The molecule has 1 saturated heterocycles. The number of benzene rings is 2. The molecule has 0 aliphatic carbocycles. The van der Waals surface area contributed by atoms with E-state index in [1.54, 1.807) is 0 Å². The monoisotopic (exact) mass is 481 g/mol. The van der Waals surface area contributed by atoms with Gasteiger partial charge in [0.1, 0.15) is 11.8 Å². The fourth-order valence-corrected chi connectivity index (χ4v) is 4.94. The summed E-state index contributed by atoms with van der Waals surface area (Å²) in [5.74, 6) is -0.0161. The maximum atomic E-state index is 13.0. The first-order chi connectivity index (χ1) is 15.4. The van der Waals surface area contributed by atoms with Gasteiger partial charge in [-0.05, 0) is 30.2 Å². The number of amides is 1. The van der Waals surface area contributed by atoms with E-state index in [-0.39, 0.29) is 22.2 Å². The highest BCUT2D eigenvalue weighted by Crippen LogP contribution is 2.27. The van der Waals surface area contributed by atoms with Gasteiger partial charge in [-0.25, -0.2) is 8.42 Å². The van der Waals surface area contributed by atoms with Gasteiger partial charge in [0, 0.05) is 26.2 Å². The molecule has 1 amide bonds. The predicted molar refractivity (Wildman–Crippen MR) is 123 cm³/mol. The number of morpholine rings is 1. The van der Waals surface area contributed by atoms with E-state index in [0.717, 1.165) is 18.7 Å². The average molecular weight is 482 g/mol. The van der Waals surface area contributed by atoms with Gasteiger partial charge in [-0.1, -0.05) is 41.9 Å². The molecule has 1 fully saturated rings.